The number of carbonyl (C=O) groups excluding carboxylic acids is 1. The van der Waals surface area contributed by atoms with Crippen LogP contribution in [0.15, 0.2) is 24.3 Å². The van der Waals surface area contributed by atoms with E-state index in [0.29, 0.717) is 13.2 Å². The highest BCUT2D eigenvalue weighted by Gasteiger charge is 2.19. The standard InChI is InChI=1S/C16H26N2O3/c1-5-10-20-13-8-6-12(7-9-13)14(11-17)18-15(19)21-16(2,3)4/h6-9,14H,5,10-11,17H2,1-4H3,(H,18,19). The summed E-state index contributed by atoms with van der Waals surface area (Å²) in [7, 11) is 0. The molecule has 0 spiro atoms. The fraction of sp³-hybridized carbons (Fsp3) is 0.562. The highest BCUT2D eigenvalue weighted by molar-refractivity contribution is 5.68. The summed E-state index contributed by atoms with van der Waals surface area (Å²) < 4.78 is 10.8. The lowest BCUT2D eigenvalue weighted by Crippen LogP contribution is -2.37. The van der Waals surface area contributed by atoms with Crippen molar-refractivity contribution in [3.8, 4) is 5.75 Å². The molecule has 0 aromatic heterocycles. The zero-order valence-electron chi connectivity index (χ0n) is 13.3. The molecule has 0 fully saturated rings. The first kappa shape index (κ1) is 17.3. The summed E-state index contributed by atoms with van der Waals surface area (Å²) >= 11 is 0. The summed E-state index contributed by atoms with van der Waals surface area (Å²) in [5, 5.41) is 2.78. The zero-order valence-corrected chi connectivity index (χ0v) is 13.3. The van der Waals surface area contributed by atoms with E-state index in [2.05, 4.69) is 12.2 Å². The van der Waals surface area contributed by atoms with Gasteiger partial charge in [0.05, 0.1) is 12.6 Å². The highest BCUT2D eigenvalue weighted by atomic mass is 16.6. The lowest BCUT2D eigenvalue weighted by Gasteiger charge is -2.23. The Morgan fingerprint density at radius 1 is 1.29 bits per heavy atom. The predicted octanol–water partition coefficient (Wildman–Crippen LogP) is 3.00. The van der Waals surface area contributed by atoms with Gasteiger partial charge in [-0.25, -0.2) is 4.79 Å². The number of nitrogens with one attached hydrogen (secondary N) is 1. The number of carbonyl (C=O) groups is 1. The lowest BCUT2D eigenvalue weighted by atomic mass is 10.1. The number of hydrogen-bond donors (Lipinski definition) is 2. The molecule has 118 valence electrons. The topological polar surface area (TPSA) is 73.6 Å². The Labute approximate surface area is 126 Å². The van der Waals surface area contributed by atoms with Crippen molar-refractivity contribution in [1.29, 1.82) is 0 Å². The zero-order chi connectivity index (χ0) is 15.9. The number of amides is 1. The maximum atomic E-state index is 11.8. The van der Waals surface area contributed by atoms with Crippen LogP contribution in [-0.2, 0) is 4.74 Å². The molecule has 0 aliphatic rings. The Hall–Kier alpha value is -1.75. The molecule has 5 nitrogen and oxygen atoms in total. The van der Waals surface area contributed by atoms with Gasteiger partial charge in [-0.1, -0.05) is 19.1 Å². The summed E-state index contributed by atoms with van der Waals surface area (Å²) in [6.07, 6.45) is 0.497. The van der Waals surface area contributed by atoms with E-state index in [1.165, 1.54) is 0 Å². The molecule has 1 atom stereocenters. The number of nitrogens with two attached hydrogens (primary N) is 1. The van der Waals surface area contributed by atoms with E-state index >= 15 is 0 Å². The molecular weight excluding hydrogens is 268 g/mol. The van der Waals surface area contributed by atoms with Crippen molar-refractivity contribution in [1.82, 2.24) is 5.32 Å². The van der Waals surface area contributed by atoms with Crippen LogP contribution < -0.4 is 15.8 Å². The van der Waals surface area contributed by atoms with E-state index < -0.39 is 11.7 Å². The van der Waals surface area contributed by atoms with Crippen LogP contribution in [0, 0.1) is 0 Å². The summed E-state index contributed by atoms with van der Waals surface area (Å²) in [6.45, 7) is 8.52. The minimum Gasteiger partial charge on any atom is -0.494 e. The Bertz CT molecular complexity index is 438. The molecule has 1 aromatic rings. The van der Waals surface area contributed by atoms with Gasteiger partial charge in [-0.15, -0.1) is 0 Å². The number of ether oxygens (including phenoxy) is 2. The van der Waals surface area contributed by atoms with Crippen molar-refractivity contribution in [2.24, 2.45) is 5.73 Å². The molecule has 0 aliphatic carbocycles. The van der Waals surface area contributed by atoms with E-state index in [1.54, 1.807) is 0 Å². The van der Waals surface area contributed by atoms with Crippen LogP contribution in [0.2, 0.25) is 0 Å². The average molecular weight is 294 g/mol. The first-order valence-electron chi connectivity index (χ1n) is 7.28. The maximum Gasteiger partial charge on any atom is 0.408 e. The fourth-order valence-corrected chi connectivity index (χ4v) is 1.74. The second-order valence-electron chi connectivity index (χ2n) is 5.85. The Kier molecular flexibility index (Phi) is 6.49. The van der Waals surface area contributed by atoms with Crippen molar-refractivity contribution < 1.29 is 14.3 Å². The van der Waals surface area contributed by atoms with E-state index in [-0.39, 0.29) is 6.04 Å². The summed E-state index contributed by atoms with van der Waals surface area (Å²) in [5.41, 5.74) is 6.13. The molecule has 1 rings (SSSR count). The molecule has 0 radical (unpaired) electrons. The maximum absolute atomic E-state index is 11.8. The van der Waals surface area contributed by atoms with E-state index in [0.717, 1.165) is 17.7 Å². The third kappa shape index (κ3) is 6.49. The normalized spacial score (nSPS) is 12.6. The SMILES string of the molecule is CCCOc1ccc(C(CN)NC(=O)OC(C)(C)C)cc1. The minimum absolute atomic E-state index is 0.278. The van der Waals surface area contributed by atoms with Crippen LogP contribution in [0.1, 0.15) is 45.7 Å². The first-order chi connectivity index (χ1) is 9.85. The summed E-state index contributed by atoms with van der Waals surface area (Å²) in [6, 6.07) is 7.29. The van der Waals surface area contributed by atoms with Crippen molar-refractivity contribution in [3.05, 3.63) is 29.8 Å². The minimum atomic E-state index is -0.527. The smallest absolute Gasteiger partial charge is 0.408 e. The van der Waals surface area contributed by atoms with Gasteiger partial charge in [0.15, 0.2) is 0 Å². The lowest BCUT2D eigenvalue weighted by molar-refractivity contribution is 0.0505. The molecular formula is C16H26N2O3. The molecule has 21 heavy (non-hydrogen) atoms. The third-order valence-corrected chi connectivity index (χ3v) is 2.68. The van der Waals surface area contributed by atoms with Crippen LogP contribution in [-0.4, -0.2) is 24.8 Å². The molecule has 1 aromatic carbocycles. The van der Waals surface area contributed by atoms with Gasteiger partial charge >= 0.3 is 6.09 Å². The monoisotopic (exact) mass is 294 g/mol. The number of hydrogen-bond acceptors (Lipinski definition) is 4. The predicted molar refractivity (Wildman–Crippen MR) is 83.4 cm³/mol. The van der Waals surface area contributed by atoms with Gasteiger partial charge in [0, 0.05) is 6.54 Å². The van der Waals surface area contributed by atoms with Crippen molar-refractivity contribution in [3.63, 3.8) is 0 Å². The van der Waals surface area contributed by atoms with E-state index in [1.807, 2.05) is 45.0 Å². The molecule has 0 heterocycles. The number of alkyl carbamates (subject to hydrolysis) is 1. The van der Waals surface area contributed by atoms with Gasteiger partial charge in [-0.2, -0.15) is 0 Å². The van der Waals surface area contributed by atoms with E-state index in [9.17, 15) is 4.79 Å². The number of rotatable bonds is 6. The first-order valence-corrected chi connectivity index (χ1v) is 7.28. The van der Waals surface area contributed by atoms with Crippen LogP contribution in [0.5, 0.6) is 5.75 Å². The van der Waals surface area contributed by atoms with Gasteiger partial charge < -0.3 is 20.5 Å². The van der Waals surface area contributed by atoms with Crippen molar-refractivity contribution in [2.75, 3.05) is 13.2 Å². The molecule has 3 N–H and O–H groups in total. The Balaban J connectivity index is 2.65. The Morgan fingerprint density at radius 2 is 1.90 bits per heavy atom. The highest BCUT2D eigenvalue weighted by Crippen LogP contribution is 2.18. The van der Waals surface area contributed by atoms with E-state index in [4.69, 9.17) is 15.2 Å². The summed E-state index contributed by atoms with van der Waals surface area (Å²) in [4.78, 5) is 11.8. The second kappa shape index (κ2) is 7.88. The van der Waals surface area contributed by atoms with Crippen LogP contribution in [0.3, 0.4) is 0 Å². The van der Waals surface area contributed by atoms with Gasteiger partial charge in [0.2, 0.25) is 0 Å². The van der Waals surface area contributed by atoms with Gasteiger partial charge in [0.25, 0.3) is 0 Å². The molecule has 0 saturated heterocycles. The van der Waals surface area contributed by atoms with Crippen molar-refractivity contribution >= 4 is 6.09 Å². The molecule has 1 amide bonds. The van der Waals surface area contributed by atoms with Crippen LogP contribution in [0.25, 0.3) is 0 Å². The second-order valence-corrected chi connectivity index (χ2v) is 5.85. The van der Waals surface area contributed by atoms with Crippen LogP contribution >= 0.6 is 0 Å². The molecule has 0 bridgehead atoms. The average Bonchev–Trinajstić information content (AvgIpc) is 2.41. The van der Waals surface area contributed by atoms with Gasteiger partial charge in [0.1, 0.15) is 11.4 Å². The third-order valence-electron chi connectivity index (χ3n) is 2.68. The van der Waals surface area contributed by atoms with Gasteiger partial charge in [-0.05, 0) is 44.9 Å². The quantitative estimate of drug-likeness (QED) is 0.846. The largest absolute Gasteiger partial charge is 0.494 e. The molecule has 5 heteroatoms. The Morgan fingerprint density at radius 3 is 2.38 bits per heavy atom. The molecule has 0 saturated carbocycles. The van der Waals surface area contributed by atoms with Gasteiger partial charge in [-0.3, -0.25) is 0 Å². The fourth-order valence-electron chi connectivity index (χ4n) is 1.74. The summed E-state index contributed by atoms with van der Waals surface area (Å²) in [5.74, 6) is 0.814. The number of benzene rings is 1. The molecule has 1 unspecified atom stereocenters. The van der Waals surface area contributed by atoms with Crippen molar-refractivity contribution in [2.45, 2.75) is 45.8 Å². The molecule has 0 aliphatic heterocycles. The van der Waals surface area contributed by atoms with Crippen LogP contribution in [0.4, 0.5) is 4.79 Å².